The highest BCUT2D eigenvalue weighted by molar-refractivity contribution is 7.94. The summed E-state index contributed by atoms with van der Waals surface area (Å²) in [5, 5.41) is -0.418. The molecule has 1 aromatic carbocycles. The molecule has 2 rings (SSSR count). The van der Waals surface area contributed by atoms with Gasteiger partial charge in [0.25, 0.3) is 0 Å². The van der Waals surface area contributed by atoms with Crippen LogP contribution in [-0.4, -0.2) is 18.7 Å². The largest absolute Gasteiger partial charge is 0.225 e. The molecule has 0 fully saturated rings. The summed E-state index contributed by atoms with van der Waals surface area (Å²) >= 11 is 1.23. The fourth-order valence-electron chi connectivity index (χ4n) is 1.17. The minimum atomic E-state index is -3.23. The minimum Gasteiger partial charge on any atom is -0.225 e. The van der Waals surface area contributed by atoms with Gasteiger partial charge < -0.3 is 0 Å². The van der Waals surface area contributed by atoms with Crippen LogP contribution >= 0.6 is 11.3 Å². The molecule has 0 saturated carbocycles. The van der Waals surface area contributed by atoms with Crippen LogP contribution in [0.15, 0.2) is 28.6 Å². The third kappa shape index (κ3) is 1.77. The molecule has 0 radical (unpaired) electrons. The zero-order valence-electron chi connectivity index (χ0n) is 8.47. The van der Waals surface area contributed by atoms with Crippen molar-refractivity contribution in [3.63, 3.8) is 0 Å². The average Bonchev–Trinajstić information content (AvgIpc) is 2.61. The first kappa shape index (κ1) is 10.6. The Morgan fingerprint density at radius 1 is 1.27 bits per heavy atom. The summed E-state index contributed by atoms with van der Waals surface area (Å²) in [6, 6.07) is 7.44. The molecule has 0 amide bonds. The van der Waals surface area contributed by atoms with Gasteiger partial charge in [0.15, 0.2) is 0 Å². The number of sulfone groups is 1. The summed E-state index contributed by atoms with van der Waals surface area (Å²) in [6.07, 6.45) is 0. The van der Waals surface area contributed by atoms with Gasteiger partial charge in [-0.2, -0.15) is 0 Å². The SMILES string of the molecule is CC(C)S(=O)(=O)c1nc2ccccc2s1. The van der Waals surface area contributed by atoms with Crippen molar-refractivity contribution >= 4 is 31.4 Å². The molecular formula is C10H11NO2S2. The van der Waals surface area contributed by atoms with Crippen molar-refractivity contribution in [3.05, 3.63) is 24.3 Å². The number of aromatic nitrogens is 1. The van der Waals surface area contributed by atoms with Crippen molar-refractivity contribution in [2.45, 2.75) is 23.4 Å². The zero-order chi connectivity index (χ0) is 11.1. The van der Waals surface area contributed by atoms with Crippen LogP contribution in [0.25, 0.3) is 10.2 Å². The van der Waals surface area contributed by atoms with E-state index in [1.807, 2.05) is 24.3 Å². The predicted octanol–water partition coefficient (Wildman–Crippen LogP) is 2.48. The molecule has 0 saturated heterocycles. The van der Waals surface area contributed by atoms with Crippen molar-refractivity contribution in [3.8, 4) is 0 Å². The first-order valence-corrected chi connectivity index (χ1v) is 6.97. The van der Waals surface area contributed by atoms with E-state index in [-0.39, 0.29) is 4.34 Å². The molecule has 3 nitrogen and oxygen atoms in total. The molecule has 0 aliphatic heterocycles. The second-order valence-electron chi connectivity index (χ2n) is 3.54. The fourth-order valence-corrected chi connectivity index (χ4v) is 3.81. The molecule has 2 aromatic rings. The van der Waals surface area contributed by atoms with Gasteiger partial charge in [0.2, 0.25) is 14.2 Å². The van der Waals surface area contributed by atoms with Crippen molar-refractivity contribution < 1.29 is 8.42 Å². The maximum atomic E-state index is 11.8. The molecule has 1 heterocycles. The van der Waals surface area contributed by atoms with Gasteiger partial charge in [0.05, 0.1) is 15.5 Å². The molecule has 0 unspecified atom stereocenters. The highest BCUT2D eigenvalue weighted by atomic mass is 32.2. The van der Waals surface area contributed by atoms with E-state index >= 15 is 0 Å². The average molecular weight is 241 g/mol. The van der Waals surface area contributed by atoms with Crippen molar-refractivity contribution in [2.24, 2.45) is 0 Å². The summed E-state index contributed by atoms with van der Waals surface area (Å²) < 4.78 is 24.8. The molecule has 0 aliphatic rings. The zero-order valence-corrected chi connectivity index (χ0v) is 10.1. The van der Waals surface area contributed by atoms with Gasteiger partial charge in [-0.3, -0.25) is 0 Å². The quantitative estimate of drug-likeness (QED) is 0.811. The number of hydrogen-bond donors (Lipinski definition) is 0. The van der Waals surface area contributed by atoms with E-state index in [4.69, 9.17) is 0 Å². The molecule has 1 aromatic heterocycles. The molecule has 5 heteroatoms. The number of fused-ring (bicyclic) bond motifs is 1. The number of rotatable bonds is 2. The summed E-state index contributed by atoms with van der Waals surface area (Å²) in [6.45, 7) is 3.34. The molecule has 0 atom stereocenters. The summed E-state index contributed by atoms with van der Waals surface area (Å²) in [5.41, 5.74) is 0.752. The van der Waals surface area contributed by atoms with Crippen LogP contribution in [-0.2, 0) is 9.84 Å². The van der Waals surface area contributed by atoms with E-state index in [9.17, 15) is 8.42 Å². The maximum Gasteiger partial charge on any atom is 0.210 e. The Balaban J connectivity index is 2.64. The molecule has 0 spiro atoms. The number of nitrogens with zero attached hydrogens (tertiary/aromatic N) is 1. The van der Waals surface area contributed by atoms with Gasteiger partial charge in [-0.1, -0.05) is 12.1 Å². The Kier molecular flexibility index (Phi) is 2.52. The number of para-hydroxylation sites is 1. The summed E-state index contributed by atoms with van der Waals surface area (Å²) in [5.74, 6) is 0. The van der Waals surface area contributed by atoms with E-state index in [1.54, 1.807) is 13.8 Å². The number of benzene rings is 1. The van der Waals surface area contributed by atoms with Gasteiger partial charge >= 0.3 is 0 Å². The smallest absolute Gasteiger partial charge is 0.210 e. The predicted molar refractivity (Wildman–Crippen MR) is 61.9 cm³/mol. The van der Waals surface area contributed by atoms with Crippen LogP contribution in [0.5, 0.6) is 0 Å². The third-order valence-electron chi connectivity index (χ3n) is 2.14. The van der Waals surface area contributed by atoms with Crippen LogP contribution in [0.4, 0.5) is 0 Å². The molecular weight excluding hydrogens is 230 g/mol. The Morgan fingerprint density at radius 3 is 2.53 bits per heavy atom. The Morgan fingerprint density at radius 2 is 1.93 bits per heavy atom. The second kappa shape index (κ2) is 3.57. The van der Waals surface area contributed by atoms with E-state index < -0.39 is 15.1 Å². The fraction of sp³-hybridized carbons (Fsp3) is 0.300. The van der Waals surface area contributed by atoms with Crippen LogP contribution in [0, 0.1) is 0 Å². The Hall–Kier alpha value is -0.940. The van der Waals surface area contributed by atoms with E-state index in [2.05, 4.69) is 4.98 Å². The highest BCUT2D eigenvalue weighted by Crippen LogP contribution is 2.27. The highest BCUT2D eigenvalue weighted by Gasteiger charge is 2.23. The van der Waals surface area contributed by atoms with Gasteiger partial charge in [0, 0.05) is 0 Å². The van der Waals surface area contributed by atoms with Crippen LogP contribution < -0.4 is 0 Å². The summed E-state index contributed by atoms with van der Waals surface area (Å²) in [7, 11) is -3.23. The normalized spacial score (nSPS) is 12.5. The van der Waals surface area contributed by atoms with Crippen LogP contribution in [0.2, 0.25) is 0 Å². The monoisotopic (exact) mass is 241 g/mol. The molecule has 15 heavy (non-hydrogen) atoms. The van der Waals surface area contributed by atoms with Crippen LogP contribution in [0.3, 0.4) is 0 Å². The van der Waals surface area contributed by atoms with Crippen molar-refractivity contribution in [2.75, 3.05) is 0 Å². The van der Waals surface area contributed by atoms with Gasteiger partial charge in [0.1, 0.15) is 0 Å². The molecule has 0 aliphatic carbocycles. The lowest BCUT2D eigenvalue weighted by Crippen LogP contribution is -2.13. The molecule has 0 bridgehead atoms. The van der Waals surface area contributed by atoms with Gasteiger partial charge in [-0.25, -0.2) is 13.4 Å². The van der Waals surface area contributed by atoms with Crippen molar-refractivity contribution in [1.29, 1.82) is 0 Å². The molecule has 0 N–H and O–H groups in total. The second-order valence-corrected chi connectivity index (χ2v) is 7.25. The van der Waals surface area contributed by atoms with E-state index in [1.165, 1.54) is 11.3 Å². The standard InChI is InChI=1S/C10H11NO2S2/c1-7(2)15(12,13)10-11-8-5-3-4-6-9(8)14-10/h3-7H,1-2H3. The minimum absolute atomic E-state index is 0.221. The lowest BCUT2D eigenvalue weighted by Gasteiger charge is -2.01. The lowest BCUT2D eigenvalue weighted by atomic mass is 10.3. The summed E-state index contributed by atoms with van der Waals surface area (Å²) in [4.78, 5) is 4.14. The van der Waals surface area contributed by atoms with E-state index in [0.29, 0.717) is 0 Å². The topological polar surface area (TPSA) is 47.0 Å². The third-order valence-corrected chi connectivity index (χ3v) is 5.74. The molecule has 80 valence electrons. The van der Waals surface area contributed by atoms with E-state index in [0.717, 1.165) is 10.2 Å². The first-order valence-electron chi connectivity index (χ1n) is 4.61. The lowest BCUT2D eigenvalue weighted by molar-refractivity contribution is 0.587. The Labute approximate surface area is 92.7 Å². The van der Waals surface area contributed by atoms with Crippen molar-refractivity contribution in [1.82, 2.24) is 4.98 Å². The van der Waals surface area contributed by atoms with Crippen LogP contribution in [0.1, 0.15) is 13.8 Å². The first-order chi connectivity index (χ1) is 7.01. The van der Waals surface area contributed by atoms with Gasteiger partial charge in [-0.05, 0) is 26.0 Å². The Bertz CT molecular complexity index is 551. The number of thiazole rings is 1. The van der Waals surface area contributed by atoms with Gasteiger partial charge in [-0.15, -0.1) is 11.3 Å². The maximum absolute atomic E-state index is 11.8. The number of hydrogen-bond acceptors (Lipinski definition) is 4.